The zero-order chi connectivity index (χ0) is 8.77. The summed E-state index contributed by atoms with van der Waals surface area (Å²) in [6.45, 7) is 2.24. The molecule has 1 aliphatic rings. The van der Waals surface area contributed by atoms with Crippen LogP contribution in [0.1, 0.15) is 25.3 Å². The van der Waals surface area contributed by atoms with Crippen molar-refractivity contribution in [3.05, 3.63) is 33.8 Å². The Hall–Kier alpha value is -0.200. The van der Waals surface area contributed by atoms with Gasteiger partial charge in [0.25, 0.3) is 0 Å². The van der Waals surface area contributed by atoms with Gasteiger partial charge in [0, 0.05) is 10.0 Å². The molecule has 2 heteroatoms. The minimum Gasteiger partial charge on any atom is -0.0843 e. The highest BCUT2D eigenvalue weighted by Crippen LogP contribution is 2.50. The van der Waals surface area contributed by atoms with Crippen LogP contribution in [0.5, 0.6) is 0 Å². The molecule has 1 aromatic rings. The maximum absolute atomic E-state index is 6.07. The molecule has 1 aromatic carbocycles. The Morgan fingerprint density at radius 2 is 1.92 bits per heavy atom. The molecule has 0 N–H and O–H groups in total. The van der Waals surface area contributed by atoms with Gasteiger partial charge in [-0.25, -0.2) is 0 Å². The number of hydrogen-bond donors (Lipinski definition) is 0. The summed E-state index contributed by atoms with van der Waals surface area (Å²) in [5.41, 5.74) is 1.58. The van der Waals surface area contributed by atoms with Crippen molar-refractivity contribution in [2.24, 2.45) is 0 Å². The molecular formula is C10H10Cl2. The van der Waals surface area contributed by atoms with Crippen molar-refractivity contribution < 1.29 is 0 Å². The molecular weight excluding hydrogens is 191 g/mol. The predicted octanol–water partition coefficient (Wildman–Crippen LogP) is 4.04. The Morgan fingerprint density at radius 3 is 2.42 bits per heavy atom. The predicted molar refractivity (Wildman–Crippen MR) is 53.0 cm³/mol. The summed E-state index contributed by atoms with van der Waals surface area (Å²) in [4.78, 5) is 0. The highest BCUT2D eigenvalue weighted by Gasteiger charge is 2.40. The van der Waals surface area contributed by atoms with Crippen LogP contribution in [0.4, 0.5) is 0 Å². The van der Waals surface area contributed by atoms with E-state index in [1.165, 1.54) is 18.4 Å². The molecule has 0 aromatic heterocycles. The molecule has 0 spiro atoms. The van der Waals surface area contributed by atoms with E-state index in [1.807, 2.05) is 18.2 Å². The Balaban J connectivity index is 2.45. The number of rotatable bonds is 1. The molecule has 12 heavy (non-hydrogen) atoms. The molecule has 1 aliphatic carbocycles. The normalized spacial score (nSPS) is 19.2. The third kappa shape index (κ3) is 1.34. The van der Waals surface area contributed by atoms with Crippen LogP contribution in [0.25, 0.3) is 0 Å². The molecule has 0 heterocycles. The first-order valence-corrected chi connectivity index (χ1v) is 4.83. The molecule has 0 radical (unpaired) electrons. The highest BCUT2D eigenvalue weighted by atomic mass is 35.5. The Morgan fingerprint density at radius 1 is 1.25 bits per heavy atom. The molecule has 0 saturated heterocycles. The lowest BCUT2D eigenvalue weighted by molar-refractivity contribution is 0.788. The average molecular weight is 201 g/mol. The van der Waals surface area contributed by atoms with Gasteiger partial charge in [0.1, 0.15) is 0 Å². The first-order chi connectivity index (χ1) is 5.62. The van der Waals surface area contributed by atoms with Gasteiger partial charge in [0.2, 0.25) is 0 Å². The van der Waals surface area contributed by atoms with Crippen LogP contribution in [-0.2, 0) is 5.41 Å². The first-order valence-electron chi connectivity index (χ1n) is 4.07. The molecule has 1 saturated carbocycles. The number of halogens is 2. The summed E-state index contributed by atoms with van der Waals surface area (Å²) in [5.74, 6) is 0. The van der Waals surface area contributed by atoms with Gasteiger partial charge < -0.3 is 0 Å². The monoisotopic (exact) mass is 200 g/mol. The Kier molecular flexibility index (Phi) is 1.85. The second kappa shape index (κ2) is 2.65. The fourth-order valence-electron chi connectivity index (χ4n) is 1.44. The quantitative estimate of drug-likeness (QED) is 0.643. The summed E-state index contributed by atoms with van der Waals surface area (Å²) in [5, 5.41) is 1.52. The van der Waals surface area contributed by atoms with Crippen molar-refractivity contribution in [2.75, 3.05) is 0 Å². The van der Waals surface area contributed by atoms with E-state index in [0.29, 0.717) is 10.4 Å². The van der Waals surface area contributed by atoms with Crippen LogP contribution >= 0.6 is 23.2 Å². The van der Waals surface area contributed by atoms with Crippen LogP contribution in [0, 0.1) is 0 Å². The zero-order valence-electron chi connectivity index (χ0n) is 6.90. The van der Waals surface area contributed by atoms with Gasteiger partial charge >= 0.3 is 0 Å². The first kappa shape index (κ1) is 8.40. The summed E-state index contributed by atoms with van der Waals surface area (Å²) >= 11 is 11.9. The number of hydrogen-bond acceptors (Lipinski definition) is 0. The second-order valence-corrected chi connectivity index (χ2v) is 4.53. The molecule has 0 unspecified atom stereocenters. The fraction of sp³-hybridized carbons (Fsp3) is 0.400. The molecule has 0 nitrogen and oxygen atoms in total. The zero-order valence-corrected chi connectivity index (χ0v) is 8.41. The van der Waals surface area contributed by atoms with Crippen molar-refractivity contribution >= 4 is 23.2 Å². The lowest BCUT2D eigenvalue weighted by Gasteiger charge is -2.10. The summed E-state index contributed by atoms with van der Waals surface area (Å²) in [6.07, 6.45) is 2.49. The molecule has 1 fully saturated rings. The van der Waals surface area contributed by atoms with Crippen LogP contribution in [-0.4, -0.2) is 0 Å². The lowest BCUT2D eigenvalue weighted by Crippen LogP contribution is -1.99. The van der Waals surface area contributed by atoms with Crippen molar-refractivity contribution in [1.29, 1.82) is 0 Å². The van der Waals surface area contributed by atoms with E-state index in [2.05, 4.69) is 6.92 Å². The summed E-state index contributed by atoms with van der Waals surface area (Å²) in [6, 6.07) is 5.77. The van der Waals surface area contributed by atoms with Gasteiger partial charge in [0.05, 0.1) is 0 Å². The fourth-order valence-corrected chi connectivity index (χ4v) is 2.07. The molecule has 0 aliphatic heterocycles. The van der Waals surface area contributed by atoms with Gasteiger partial charge in [-0.15, -0.1) is 0 Å². The van der Waals surface area contributed by atoms with Crippen molar-refractivity contribution in [1.82, 2.24) is 0 Å². The van der Waals surface area contributed by atoms with E-state index in [-0.39, 0.29) is 0 Å². The Bertz CT molecular complexity index is 314. The van der Waals surface area contributed by atoms with E-state index in [0.717, 1.165) is 5.02 Å². The van der Waals surface area contributed by atoms with E-state index in [9.17, 15) is 0 Å². The summed E-state index contributed by atoms with van der Waals surface area (Å²) in [7, 11) is 0. The van der Waals surface area contributed by atoms with Gasteiger partial charge in [0.15, 0.2) is 0 Å². The van der Waals surface area contributed by atoms with Gasteiger partial charge in [-0.05, 0) is 36.0 Å². The lowest BCUT2D eigenvalue weighted by atomic mass is 9.99. The van der Waals surface area contributed by atoms with Crippen LogP contribution in [0.2, 0.25) is 10.0 Å². The van der Waals surface area contributed by atoms with Crippen LogP contribution in [0.3, 0.4) is 0 Å². The van der Waals surface area contributed by atoms with E-state index >= 15 is 0 Å². The third-order valence-electron chi connectivity index (χ3n) is 2.58. The van der Waals surface area contributed by atoms with Crippen LogP contribution < -0.4 is 0 Å². The van der Waals surface area contributed by atoms with E-state index in [4.69, 9.17) is 23.2 Å². The van der Waals surface area contributed by atoms with Gasteiger partial charge in [-0.3, -0.25) is 0 Å². The standard InChI is InChI=1S/C10H10Cl2/c1-10(4-5-10)8-3-2-7(11)6-9(8)12/h2-3,6H,4-5H2,1H3. The second-order valence-electron chi connectivity index (χ2n) is 3.68. The molecule has 0 atom stereocenters. The molecule has 2 rings (SSSR count). The Labute approximate surface area is 82.5 Å². The van der Waals surface area contributed by atoms with Crippen molar-refractivity contribution in [3.8, 4) is 0 Å². The maximum atomic E-state index is 6.07. The largest absolute Gasteiger partial charge is 0.0843 e. The van der Waals surface area contributed by atoms with E-state index < -0.39 is 0 Å². The molecule has 64 valence electrons. The SMILES string of the molecule is CC1(c2ccc(Cl)cc2Cl)CC1. The topological polar surface area (TPSA) is 0 Å². The summed E-state index contributed by atoms with van der Waals surface area (Å²) < 4.78 is 0. The van der Waals surface area contributed by atoms with Crippen LogP contribution in [0.15, 0.2) is 18.2 Å². The number of benzene rings is 1. The minimum absolute atomic E-state index is 0.335. The highest BCUT2D eigenvalue weighted by molar-refractivity contribution is 6.35. The van der Waals surface area contributed by atoms with Crippen molar-refractivity contribution in [2.45, 2.75) is 25.2 Å². The van der Waals surface area contributed by atoms with Crippen molar-refractivity contribution in [3.63, 3.8) is 0 Å². The maximum Gasteiger partial charge on any atom is 0.0458 e. The van der Waals surface area contributed by atoms with E-state index in [1.54, 1.807) is 0 Å². The smallest absolute Gasteiger partial charge is 0.0458 e. The van der Waals surface area contributed by atoms with Gasteiger partial charge in [-0.1, -0.05) is 36.2 Å². The third-order valence-corrected chi connectivity index (χ3v) is 3.13. The van der Waals surface area contributed by atoms with Gasteiger partial charge in [-0.2, -0.15) is 0 Å². The minimum atomic E-state index is 0.335. The molecule has 0 bridgehead atoms. The molecule has 0 amide bonds. The average Bonchev–Trinajstić information content (AvgIpc) is 2.68.